The zero-order valence-electron chi connectivity index (χ0n) is 10.7. The number of piperidine rings is 1. The monoisotopic (exact) mass is 263 g/mol. The summed E-state index contributed by atoms with van der Waals surface area (Å²) >= 11 is 0. The minimum absolute atomic E-state index is 0.179. The number of rotatable bonds is 1. The zero-order chi connectivity index (χ0) is 13.3. The highest BCUT2D eigenvalue weighted by molar-refractivity contribution is 5.90. The van der Waals surface area contributed by atoms with E-state index in [9.17, 15) is 9.90 Å². The average Bonchev–Trinajstić information content (AvgIpc) is 2.92. The number of β-amino-alcohol motifs (C(OH)–C–C–N with tert-alkyl or cyclic N) is 1. The Morgan fingerprint density at radius 3 is 2.84 bits per heavy atom. The molecule has 2 saturated heterocycles. The van der Waals surface area contributed by atoms with Crippen LogP contribution in [-0.4, -0.2) is 57.3 Å². The smallest absolute Gasteiger partial charge is 0.291 e. The minimum Gasteiger partial charge on any atom is -0.388 e. The molecule has 1 aromatic heterocycles. The van der Waals surface area contributed by atoms with Gasteiger partial charge >= 0.3 is 0 Å². The van der Waals surface area contributed by atoms with Gasteiger partial charge in [0.25, 0.3) is 5.91 Å². The van der Waals surface area contributed by atoms with Gasteiger partial charge in [-0.2, -0.15) is 0 Å². The van der Waals surface area contributed by atoms with Crippen molar-refractivity contribution in [2.45, 2.75) is 31.0 Å². The van der Waals surface area contributed by atoms with Gasteiger partial charge in [-0.25, -0.2) is 9.97 Å². The topological polar surface area (TPSA) is 75.6 Å². The van der Waals surface area contributed by atoms with E-state index in [0.29, 0.717) is 19.6 Å². The maximum Gasteiger partial charge on any atom is 0.291 e. The summed E-state index contributed by atoms with van der Waals surface area (Å²) in [6, 6.07) is 1.67. The van der Waals surface area contributed by atoms with Crippen LogP contribution in [0.2, 0.25) is 0 Å². The molecule has 102 valence electrons. The number of nitrogens with zero attached hydrogens (tertiary/aromatic N) is 3. The number of hydrogen-bond donors (Lipinski definition) is 1. The maximum absolute atomic E-state index is 12.2. The summed E-state index contributed by atoms with van der Waals surface area (Å²) in [5.41, 5.74) is -0.436. The van der Waals surface area contributed by atoms with Crippen molar-refractivity contribution in [2.24, 2.45) is 0 Å². The number of aromatic nitrogens is 2. The van der Waals surface area contributed by atoms with E-state index in [0.717, 1.165) is 12.8 Å². The molecule has 2 atom stereocenters. The molecule has 6 nitrogen and oxygen atoms in total. The van der Waals surface area contributed by atoms with Gasteiger partial charge in [0.05, 0.1) is 5.60 Å². The number of amides is 1. The number of ether oxygens (including phenoxy) is 1. The first-order valence-corrected chi connectivity index (χ1v) is 6.60. The maximum atomic E-state index is 12.2. The van der Waals surface area contributed by atoms with Crippen LogP contribution in [0.4, 0.5) is 0 Å². The Balaban J connectivity index is 1.70. The summed E-state index contributed by atoms with van der Waals surface area (Å²) in [5.74, 6) is -0.0505. The molecular weight excluding hydrogens is 246 g/mol. The van der Waals surface area contributed by atoms with Gasteiger partial charge in [0, 0.05) is 32.1 Å². The number of aliphatic hydroxyl groups excluding tert-OH is 1. The fourth-order valence-corrected chi connectivity index (χ4v) is 2.87. The third-order valence-corrected chi connectivity index (χ3v) is 3.98. The van der Waals surface area contributed by atoms with Crippen molar-refractivity contribution in [3.05, 3.63) is 24.3 Å². The summed E-state index contributed by atoms with van der Waals surface area (Å²) < 4.78 is 5.71. The normalized spacial score (nSPS) is 30.8. The Bertz CT molecular complexity index is 459. The molecule has 1 N–H and O–H groups in total. The van der Waals surface area contributed by atoms with Gasteiger partial charge in [-0.3, -0.25) is 4.79 Å². The van der Waals surface area contributed by atoms with Crippen molar-refractivity contribution in [3.63, 3.8) is 0 Å². The van der Waals surface area contributed by atoms with Crippen LogP contribution in [0.1, 0.15) is 29.9 Å². The zero-order valence-corrected chi connectivity index (χ0v) is 10.7. The number of carbonyl (C=O) groups is 1. The lowest BCUT2D eigenvalue weighted by atomic mass is 9.86. The second kappa shape index (κ2) is 4.86. The lowest BCUT2D eigenvalue weighted by Gasteiger charge is -2.42. The summed E-state index contributed by atoms with van der Waals surface area (Å²) in [6.45, 7) is 1.57. The first-order valence-electron chi connectivity index (χ1n) is 6.60. The third-order valence-electron chi connectivity index (χ3n) is 3.98. The van der Waals surface area contributed by atoms with Gasteiger partial charge in [0.15, 0.2) is 0 Å². The van der Waals surface area contributed by atoms with E-state index in [1.54, 1.807) is 23.4 Å². The van der Waals surface area contributed by atoms with Gasteiger partial charge in [-0.15, -0.1) is 0 Å². The van der Waals surface area contributed by atoms with Crippen molar-refractivity contribution in [2.75, 3.05) is 19.7 Å². The first-order chi connectivity index (χ1) is 9.21. The van der Waals surface area contributed by atoms with Gasteiger partial charge in [-0.1, -0.05) is 0 Å². The largest absolute Gasteiger partial charge is 0.388 e. The Morgan fingerprint density at radius 2 is 2.21 bits per heavy atom. The Hall–Kier alpha value is -1.53. The second-order valence-electron chi connectivity index (χ2n) is 5.11. The molecule has 0 bridgehead atoms. The fourth-order valence-electron chi connectivity index (χ4n) is 2.87. The Kier molecular flexibility index (Phi) is 3.20. The van der Waals surface area contributed by atoms with Crippen molar-refractivity contribution in [1.29, 1.82) is 0 Å². The molecule has 2 fully saturated rings. The molecule has 0 aromatic carbocycles. The van der Waals surface area contributed by atoms with Gasteiger partial charge in [-0.05, 0) is 25.3 Å². The summed E-state index contributed by atoms with van der Waals surface area (Å²) in [5, 5.41) is 10.3. The van der Waals surface area contributed by atoms with E-state index in [4.69, 9.17) is 4.74 Å². The van der Waals surface area contributed by atoms with Crippen molar-refractivity contribution >= 4 is 5.91 Å². The highest BCUT2D eigenvalue weighted by Crippen LogP contribution is 2.36. The molecule has 0 aliphatic carbocycles. The van der Waals surface area contributed by atoms with Gasteiger partial charge < -0.3 is 14.7 Å². The molecular formula is C13H17N3O3. The van der Waals surface area contributed by atoms with Gasteiger partial charge in [0.2, 0.25) is 5.82 Å². The van der Waals surface area contributed by atoms with E-state index in [-0.39, 0.29) is 18.3 Å². The molecule has 3 heterocycles. The van der Waals surface area contributed by atoms with Crippen LogP contribution in [-0.2, 0) is 4.74 Å². The molecule has 19 heavy (non-hydrogen) atoms. The number of carbonyl (C=O) groups excluding carboxylic acids is 1. The second-order valence-corrected chi connectivity index (χ2v) is 5.11. The van der Waals surface area contributed by atoms with E-state index in [2.05, 4.69) is 9.97 Å². The van der Waals surface area contributed by atoms with Gasteiger partial charge in [0.1, 0.15) is 6.10 Å². The van der Waals surface area contributed by atoms with E-state index in [1.165, 1.54) is 0 Å². The molecule has 3 rings (SSSR count). The molecule has 0 unspecified atom stereocenters. The van der Waals surface area contributed by atoms with Crippen molar-refractivity contribution < 1.29 is 14.6 Å². The van der Waals surface area contributed by atoms with Crippen LogP contribution in [0, 0.1) is 0 Å². The summed E-state index contributed by atoms with van der Waals surface area (Å²) in [4.78, 5) is 21.7. The van der Waals surface area contributed by atoms with Crippen LogP contribution in [0.15, 0.2) is 18.5 Å². The molecule has 2 aliphatic rings. The molecule has 0 saturated carbocycles. The van der Waals surface area contributed by atoms with Crippen LogP contribution in [0.25, 0.3) is 0 Å². The van der Waals surface area contributed by atoms with E-state index >= 15 is 0 Å². The predicted octanol–water partition coefficient (Wildman–Crippen LogP) is 0.233. The van der Waals surface area contributed by atoms with Crippen LogP contribution >= 0.6 is 0 Å². The molecule has 1 spiro atoms. The Morgan fingerprint density at radius 1 is 1.42 bits per heavy atom. The predicted molar refractivity (Wildman–Crippen MR) is 66.5 cm³/mol. The minimum atomic E-state index is -0.628. The lowest BCUT2D eigenvalue weighted by Crippen LogP contribution is -2.56. The molecule has 1 aromatic rings. The third kappa shape index (κ3) is 2.21. The first kappa shape index (κ1) is 12.5. The fraction of sp³-hybridized carbons (Fsp3) is 0.615. The highest BCUT2D eigenvalue weighted by atomic mass is 16.5. The summed E-state index contributed by atoms with van der Waals surface area (Å²) in [6.07, 6.45) is 4.98. The lowest BCUT2D eigenvalue weighted by molar-refractivity contribution is -0.123. The molecule has 1 amide bonds. The van der Waals surface area contributed by atoms with Crippen LogP contribution in [0.3, 0.4) is 0 Å². The van der Waals surface area contributed by atoms with E-state index < -0.39 is 11.7 Å². The SMILES string of the molecule is O=C(c1ncccn1)N1CC[C@@]2(CCCO2)[C@@H](O)C1. The highest BCUT2D eigenvalue weighted by Gasteiger charge is 2.46. The van der Waals surface area contributed by atoms with Crippen LogP contribution < -0.4 is 0 Å². The molecule has 0 radical (unpaired) electrons. The number of aliphatic hydroxyl groups is 1. The van der Waals surface area contributed by atoms with E-state index in [1.807, 2.05) is 0 Å². The molecule has 2 aliphatic heterocycles. The van der Waals surface area contributed by atoms with Crippen molar-refractivity contribution in [1.82, 2.24) is 14.9 Å². The molecule has 6 heteroatoms. The Labute approximate surface area is 111 Å². The average molecular weight is 263 g/mol. The quantitative estimate of drug-likeness (QED) is 0.785. The number of likely N-dealkylation sites (tertiary alicyclic amines) is 1. The summed E-state index contributed by atoms with van der Waals surface area (Å²) in [7, 11) is 0. The van der Waals surface area contributed by atoms with Crippen LogP contribution in [0.5, 0.6) is 0 Å². The standard InChI is InChI=1S/C13H17N3O3/c17-10-9-16(7-4-13(10)3-1-8-19-13)12(18)11-14-5-2-6-15-11/h2,5-6,10,17H,1,3-4,7-9H2/t10-,13-/m0/s1. The number of hydrogen-bond acceptors (Lipinski definition) is 5. The van der Waals surface area contributed by atoms with Crippen molar-refractivity contribution in [3.8, 4) is 0 Å².